The number of nitrogens with one attached hydrogen (secondary N) is 2. The molecule has 2 aromatic rings. The number of aryl methyl sites for hydroxylation is 1. The fourth-order valence-corrected chi connectivity index (χ4v) is 4.19. The van der Waals surface area contributed by atoms with E-state index in [-0.39, 0.29) is 27.4 Å². The van der Waals surface area contributed by atoms with E-state index in [0.717, 1.165) is 6.07 Å². The van der Waals surface area contributed by atoms with Gasteiger partial charge in [0.15, 0.2) is 0 Å². The molecule has 2 N–H and O–H groups in total. The number of benzene rings is 1. The topological polar surface area (TPSA) is 104 Å². The molecule has 1 aliphatic rings. The number of hydrogen-bond donors (Lipinski definition) is 2. The average molecular weight is 374 g/mol. The lowest BCUT2D eigenvalue weighted by atomic mass is 10.1. The first-order valence-corrected chi connectivity index (χ1v) is 9.12. The summed E-state index contributed by atoms with van der Waals surface area (Å²) in [6.45, 7) is 1.68. The van der Waals surface area contributed by atoms with Crippen molar-refractivity contribution in [2.45, 2.75) is 17.9 Å². The number of anilines is 1. The van der Waals surface area contributed by atoms with E-state index in [4.69, 9.17) is 5.26 Å². The summed E-state index contributed by atoms with van der Waals surface area (Å²) in [6, 6.07) is 4.90. The molecule has 134 valence electrons. The van der Waals surface area contributed by atoms with Crippen LogP contribution in [0.3, 0.4) is 0 Å². The molecule has 3 rings (SSSR count). The van der Waals surface area contributed by atoms with Crippen LogP contribution in [0.2, 0.25) is 0 Å². The van der Waals surface area contributed by atoms with Crippen molar-refractivity contribution < 1.29 is 17.6 Å². The lowest BCUT2D eigenvalue weighted by Gasteiger charge is -2.08. The number of carbonyl (C=O) groups excluding carboxylic acids is 1. The predicted octanol–water partition coefficient (Wildman–Crippen LogP) is 1.98. The van der Waals surface area contributed by atoms with Gasteiger partial charge < -0.3 is 9.88 Å². The molecule has 0 aliphatic carbocycles. The molecule has 7 nitrogen and oxygen atoms in total. The molecule has 9 heteroatoms. The number of halogens is 1. The van der Waals surface area contributed by atoms with Gasteiger partial charge in [0.05, 0.1) is 5.56 Å². The second-order valence-electron chi connectivity index (χ2n) is 5.90. The Hall–Kier alpha value is -2.96. The van der Waals surface area contributed by atoms with Gasteiger partial charge in [0.2, 0.25) is 10.0 Å². The number of hydrogen-bond acceptors (Lipinski definition) is 4. The minimum absolute atomic E-state index is 0.00238. The van der Waals surface area contributed by atoms with Crippen LogP contribution in [0, 0.1) is 17.1 Å². The number of rotatable bonds is 2. The highest BCUT2D eigenvalue weighted by Gasteiger charge is 2.29. The van der Waals surface area contributed by atoms with Gasteiger partial charge in [-0.05, 0) is 25.1 Å². The fourth-order valence-electron chi connectivity index (χ4n) is 2.74. The third kappa shape index (κ3) is 3.12. The molecular formula is C17H15FN4O3S. The number of fused-ring (bicyclic) bond motifs is 1. The van der Waals surface area contributed by atoms with Crippen LogP contribution < -0.4 is 10.0 Å². The lowest BCUT2D eigenvalue weighted by Crippen LogP contribution is -2.30. The highest BCUT2D eigenvalue weighted by Crippen LogP contribution is 2.27. The molecule has 26 heavy (non-hydrogen) atoms. The molecule has 0 saturated carbocycles. The van der Waals surface area contributed by atoms with Crippen LogP contribution in [-0.4, -0.2) is 24.9 Å². The predicted molar refractivity (Wildman–Crippen MR) is 93.3 cm³/mol. The minimum atomic E-state index is -3.76. The average Bonchev–Trinajstić information content (AvgIpc) is 2.86. The van der Waals surface area contributed by atoms with Gasteiger partial charge in [-0.15, -0.1) is 0 Å². The number of aromatic nitrogens is 1. The maximum Gasteiger partial charge on any atom is 0.272 e. The third-order valence-electron chi connectivity index (χ3n) is 3.93. The van der Waals surface area contributed by atoms with E-state index in [1.807, 2.05) is 0 Å². The van der Waals surface area contributed by atoms with Crippen LogP contribution in [0.25, 0.3) is 6.08 Å². The second kappa shape index (κ2) is 6.40. The summed E-state index contributed by atoms with van der Waals surface area (Å²) in [5.41, 5.74) is 0.437. The molecule has 1 atom stereocenters. The molecule has 0 radical (unpaired) electrons. The maximum absolute atomic E-state index is 13.4. The van der Waals surface area contributed by atoms with Crippen molar-refractivity contribution in [2.24, 2.45) is 7.05 Å². The summed E-state index contributed by atoms with van der Waals surface area (Å²) < 4.78 is 42.1. The Morgan fingerprint density at radius 1 is 1.42 bits per heavy atom. The molecular weight excluding hydrogens is 359 g/mol. The van der Waals surface area contributed by atoms with Crippen LogP contribution in [0.5, 0.6) is 0 Å². The lowest BCUT2D eigenvalue weighted by molar-refractivity contribution is 0.101. The smallest absolute Gasteiger partial charge is 0.272 e. The van der Waals surface area contributed by atoms with E-state index in [9.17, 15) is 17.6 Å². The van der Waals surface area contributed by atoms with E-state index in [2.05, 4.69) is 10.0 Å². The molecule has 0 spiro atoms. The largest absolute Gasteiger partial charge is 0.345 e. The number of carbonyl (C=O) groups is 1. The zero-order valence-corrected chi connectivity index (χ0v) is 14.8. The first-order chi connectivity index (χ1) is 12.2. The summed E-state index contributed by atoms with van der Waals surface area (Å²) >= 11 is 0. The quantitative estimate of drug-likeness (QED) is 0.839. The summed E-state index contributed by atoms with van der Waals surface area (Å²) in [4.78, 5) is 12.7. The van der Waals surface area contributed by atoms with Crippen molar-refractivity contribution >= 4 is 27.7 Å². The Balaban J connectivity index is 2.03. The molecule has 0 saturated heterocycles. The molecule has 0 unspecified atom stereocenters. The van der Waals surface area contributed by atoms with Gasteiger partial charge in [0, 0.05) is 30.5 Å². The highest BCUT2D eigenvalue weighted by atomic mass is 32.2. The van der Waals surface area contributed by atoms with Crippen molar-refractivity contribution in [1.29, 1.82) is 5.26 Å². The first-order valence-electron chi connectivity index (χ1n) is 7.64. The van der Waals surface area contributed by atoms with Crippen LogP contribution in [0.4, 0.5) is 10.1 Å². The molecule has 1 aliphatic heterocycles. The molecule has 0 fully saturated rings. The number of amides is 1. The maximum atomic E-state index is 13.4. The van der Waals surface area contributed by atoms with Crippen molar-refractivity contribution in [3.05, 3.63) is 53.1 Å². The number of sulfonamides is 1. The van der Waals surface area contributed by atoms with Gasteiger partial charge in [-0.2, -0.15) is 5.26 Å². The minimum Gasteiger partial charge on any atom is -0.345 e. The highest BCUT2D eigenvalue weighted by molar-refractivity contribution is 7.89. The Morgan fingerprint density at radius 3 is 2.85 bits per heavy atom. The first kappa shape index (κ1) is 17.8. The summed E-state index contributed by atoms with van der Waals surface area (Å²) in [7, 11) is -2.20. The van der Waals surface area contributed by atoms with Crippen LogP contribution in [-0.2, 0) is 17.1 Å². The fraction of sp³-hybridized carbons (Fsp3) is 0.176. The molecule has 0 bridgehead atoms. The van der Waals surface area contributed by atoms with Crippen LogP contribution in [0.1, 0.15) is 28.5 Å². The van der Waals surface area contributed by atoms with Gasteiger partial charge in [0.1, 0.15) is 22.5 Å². The third-order valence-corrected chi connectivity index (χ3v) is 5.51. The van der Waals surface area contributed by atoms with Gasteiger partial charge in [-0.3, -0.25) is 4.79 Å². The summed E-state index contributed by atoms with van der Waals surface area (Å²) in [5, 5.41) is 11.5. The van der Waals surface area contributed by atoms with E-state index in [1.165, 1.54) is 22.9 Å². The molecule has 2 heterocycles. The van der Waals surface area contributed by atoms with Gasteiger partial charge in [-0.25, -0.2) is 17.5 Å². The zero-order chi connectivity index (χ0) is 19.1. The SMILES string of the molecule is C[C@H]1C=Cc2c(cn(C)c2C(=O)Nc2ccc(F)c(C#N)c2)S(=O)(=O)N1. The number of nitriles is 1. The van der Waals surface area contributed by atoms with Crippen molar-refractivity contribution in [3.8, 4) is 6.07 Å². The van der Waals surface area contributed by atoms with Gasteiger partial charge in [0.25, 0.3) is 5.91 Å². The zero-order valence-electron chi connectivity index (χ0n) is 13.9. The summed E-state index contributed by atoms with van der Waals surface area (Å²) in [6.07, 6.45) is 4.59. The number of nitrogens with zero attached hydrogens (tertiary/aromatic N) is 2. The Morgan fingerprint density at radius 2 is 2.15 bits per heavy atom. The normalized spacial score (nSPS) is 17.8. The molecule has 1 aromatic carbocycles. The van der Waals surface area contributed by atoms with E-state index >= 15 is 0 Å². The van der Waals surface area contributed by atoms with E-state index in [0.29, 0.717) is 0 Å². The summed E-state index contributed by atoms with van der Waals surface area (Å²) in [5.74, 6) is -1.26. The van der Waals surface area contributed by atoms with Gasteiger partial charge >= 0.3 is 0 Å². The Bertz CT molecular complexity index is 1080. The van der Waals surface area contributed by atoms with Crippen LogP contribution >= 0.6 is 0 Å². The van der Waals surface area contributed by atoms with Crippen molar-refractivity contribution in [2.75, 3.05) is 5.32 Å². The Kier molecular flexibility index (Phi) is 4.39. The monoisotopic (exact) mass is 374 g/mol. The van der Waals surface area contributed by atoms with E-state index in [1.54, 1.807) is 32.2 Å². The second-order valence-corrected chi connectivity index (χ2v) is 7.58. The molecule has 1 amide bonds. The molecule has 1 aromatic heterocycles. The van der Waals surface area contributed by atoms with Crippen LogP contribution in [0.15, 0.2) is 35.4 Å². The Labute approximate surface area is 149 Å². The standard InChI is InChI=1S/C17H15FN4O3S/c1-10-3-5-13-15(26(24,25)21-10)9-22(2)16(13)17(23)20-12-4-6-14(18)11(7-12)8-19/h3-7,9-10,21H,1-2H3,(H,20,23)/t10-/m0/s1. The van der Waals surface area contributed by atoms with E-state index < -0.39 is 27.8 Å². The van der Waals surface area contributed by atoms with Crippen molar-refractivity contribution in [3.63, 3.8) is 0 Å². The van der Waals surface area contributed by atoms with Gasteiger partial charge in [-0.1, -0.05) is 12.2 Å². The van der Waals surface area contributed by atoms with Crippen molar-refractivity contribution in [1.82, 2.24) is 9.29 Å².